The topological polar surface area (TPSA) is 61.8 Å². The molecule has 0 aliphatic carbocycles. The molecule has 1 heterocycles. The number of rotatable bonds is 5. The summed E-state index contributed by atoms with van der Waals surface area (Å²) in [5.41, 5.74) is -1.97. The molecule has 1 N–H and O–H groups in total. The molecule has 0 aromatic heterocycles. The fourth-order valence-electron chi connectivity index (χ4n) is 3.68. The second kappa shape index (κ2) is 8.54. The molecule has 0 fully saturated rings. The Morgan fingerprint density at radius 3 is 2.12 bits per heavy atom. The van der Waals surface area contributed by atoms with Crippen LogP contribution in [-0.4, -0.2) is 34.4 Å². The third kappa shape index (κ3) is 4.11. The lowest BCUT2D eigenvalue weighted by atomic mass is 10.1. The lowest BCUT2D eigenvalue weighted by molar-refractivity contribution is -0.196. The highest BCUT2D eigenvalue weighted by Gasteiger charge is 2.67. The first-order valence-corrected chi connectivity index (χ1v) is 10.2. The smallest absolute Gasteiger partial charge is 0.312 e. The van der Waals surface area contributed by atoms with Crippen LogP contribution >= 0.6 is 0 Å². The zero-order chi connectivity index (χ0) is 23.6. The first-order valence-electron chi connectivity index (χ1n) is 10.2. The minimum absolute atomic E-state index is 0.0342. The Hall–Kier alpha value is -3.94. The zero-order valence-corrected chi connectivity index (χ0v) is 17.6. The number of halogens is 3. The molecule has 1 atom stereocenters. The highest BCUT2D eigenvalue weighted by molar-refractivity contribution is 6.16. The van der Waals surface area contributed by atoms with Crippen LogP contribution in [-0.2, 0) is 11.3 Å². The number of amides is 2. The van der Waals surface area contributed by atoms with E-state index in [0.29, 0.717) is 16.7 Å². The van der Waals surface area contributed by atoms with E-state index in [1.54, 1.807) is 85.8 Å². The summed E-state index contributed by atoms with van der Waals surface area (Å²) < 4.78 is 43.4. The molecule has 0 unspecified atom stereocenters. The van der Waals surface area contributed by atoms with Gasteiger partial charge >= 0.3 is 11.8 Å². The Labute approximate surface area is 188 Å². The molecule has 33 heavy (non-hydrogen) atoms. The van der Waals surface area contributed by atoms with Crippen molar-refractivity contribution in [3.63, 3.8) is 0 Å². The minimum Gasteiger partial charge on any atom is -0.312 e. The number of aliphatic imine (C=N–C) groups is 1. The first-order chi connectivity index (χ1) is 15.7. The number of benzene rings is 3. The van der Waals surface area contributed by atoms with Crippen molar-refractivity contribution in [3.05, 3.63) is 107 Å². The maximum atomic E-state index is 14.5. The predicted octanol–water partition coefficient (Wildman–Crippen LogP) is 4.47. The maximum absolute atomic E-state index is 14.5. The van der Waals surface area contributed by atoms with E-state index in [-0.39, 0.29) is 17.9 Å². The van der Waals surface area contributed by atoms with Gasteiger partial charge in [-0.1, -0.05) is 78.9 Å². The van der Waals surface area contributed by atoms with Gasteiger partial charge in [-0.05, 0) is 24.1 Å². The number of hydrogen-bond donors (Lipinski definition) is 1. The molecule has 0 saturated heterocycles. The Bertz CT molecular complexity index is 1210. The molecule has 5 nitrogen and oxygen atoms in total. The average molecular weight is 451 g/mol. The van der Waals surface area contributed by atoms with Crippen molar-refractivity contribution in [3.8, 4) is 0 Å². The van der Waals surface area contributed by atoms with Gasteiger partial charge in [0.05, 0.1) is 6.54 Å². The average Bonchev–Trinajstić information content (AvgIpc) is 3.08. The number of hydrogen-bond acceptors (Lipinski definition) is 3. The normalized spacial score (nSPS) is 18.2. The summed E-state index contributed by atoms with van der Waals surface area (Å²) in [6.07, 6.45) is -5.17. The van der Waals surface area contributed by atoms with Crippen molar-refractivity contribution in [1.82, 2.24) is 10.2 Å². The van der Waals surface area contributed by atoms with Crippen LogP contribution in [0.15, 0.2) is 89.9 Å². The summed E-state index contributed by atoms with van der Waals surface area (Å²) in [6.45, 7) is 1.47. The molecule has 8 heteroatoms. The van der Waals surface area contributed by atoms with Crippen LogP contribution in [0.1, 0.15) is 27.0 Å². The van der Waals surface area contributed by atoms with Gasteiger partial charge in [-0.3, -0.25) is 14.5 Å². The highest BCUT2D eigenvalue weighted by Crippen LogP contribution is 2.39. The Balaban J connectivity index is 1.82. The Kier molecular flexibility index (Phi) is 5.76. The molecular formula is C25H20F3N3O2. The summed E-state index contributed by atoms with van der Waals surface area (Å²) >= 11 is 0. The van der Waals surface area contributed by atoms with E-state index in [2.05, 4.69) is 4.99 Å². The Morgan fingerprint density at radius 2 is 1.52 bits per heavy atom. The predicted molar refractivity (Wildman–Crippen MR) is 117 cm³/mol. The van der Waals surface area contributed by atoms with Gasteiger partial charge in [0.15, 0.2) is 0 Å². The highest BCUT2D eigenvalue weighted by atomic mass is 19.4. The summed E-state index contributed by atoms with van der Waals surface area (Å²) in [6, 6.07) is 23.0. The van der Waals surface area contributed by atoms with Gasteiger partial charge in [-0.15, -0.1) is 0 Å². The lowest BCUT2D eigenvalue weighted by Gasteiger charge is -2.29. The molecule has 0 bridgehead atoms. The van der Waals surface area contributed by atoms with Gasteiger partial charge in [-0.25, -0.2) is 4.99 Å². The lowest BCUT2D eigenvalue weighted by Crippen LogP contribution is -2.63. The number of amidine groups is 1. The van der Waals surface area contributed by atoms with E-state index < -0.39 is 23.7 Å². The van der Waals surface area contributed by atoms with E-state index in [9.17, 15) is 22.8 Å². The maximum Gasteiger partial charge on any atom is 0.442 e. The van der Waals surface area contributed by atoms with Gasteiger partial charge in [0, 0.05) is 11.1 Å². The molecule has 4 rings (SSSR count). The standard InChI is InChI=1S/C25H20F3N3O2/c1-17-10-8-9-15-20(17)22(32)30-24(25(26,27)28)23(33)31(16-18-11-4-2-5-12-18)21(29-24)19-13-6-3-7-14-19/h2-15H,16H2,1H3,(H,30,32)/t24-/m0/s1. The van der Waals surface area contributed by atoms with Gasteiger partial charge in [0.1, 0.15) is 5.84 Å². The van der Waals surface area contributed by atoms with Crippen molar-refractivity contribution in [2.45, 2.75) is 25.3 Å². The third-order valence-corrected chi connectivity index (χ3v) is 5.39. The second-order valence-electron chi connectivity index (χ2n) is 7.66. The number of nitrogens with zero attached hydrogens (tertiary/aromatic N) is 2. The van der Waals surface area contributed by atoms with Gasteiger partial charge < -0.3 is 5.32 Å². The van der Waals surface area contributed by atoms with Crippen LogP contribution in [0.5, 0.6) is 0 Å². The number of carbonyl (C=O) groups excluding carboxylic acids is 2. The van der Waals surface area contributed by atoms with Gasteiger partial charge in [0.25, 0.3) is 11.8 Å². The molecule has 0 saturated carbocycles. The van der Waals surface area contributed by atoms with Crippen molar-refractivity contribution in [2.75, 3.05) is 0 Å². The van der Waals surface area contributed by atoms with Crippen molar-refractivity contribution < 1.29 is 22.8 Å². The molecule has 3 aromatic carbocycles. The van der Waals surface area contributed by atoms with Gasteiger partial charge in [-0.2, -0.15) is 13.2 Å². The van der Waals surface area contributed by atoms with E-state index >= 15 is 0 Å². The first kappa shape index (κ1) is 22.3. The van der Waals surface area contributed by atoms with Crippen molar-refractivity contribution in [1.29, 1.82) is 0 Å². The summed E-state index contributed by atoms with van der Waals surface area (Å²) in [7, 11) is 0. The molecule has 1 aliphatic rings. The summed E-state index contributed by atoms with van der Waals surface area (Å²) in [4.78, 5) is 31.1. The van der Waals surface area contributed by atoms with Crippen LogP contribution in [0.3, 0.4) is 0 Å². The fraction of sp³-hybridized carbons (Fsp3) is 0.160. The third-order valence-electron chi connectivity index (χ3n) is 5.39. The molecule has 168 valence electrons. The quantitative estimate of drug-likeness (QED) is 0.622. The molecule has 2 amide bonds. The molecule has 0 spiro atoms. The van der Waals surface area contributed by atoms with E-state index in [1.165, 1.54) is 6.07 Å². The van der Waals surface area contributed by atoms with Crippen LogP contribution in [0.2, 0.25) is 0 Å². The van der Waals surface area contributed by atoms with Crippen LogP contribution in [0.4, 0.5) is 13.2 Å². The van der Waals surface area contributed by atoms with E-state index in [4.69, 9.17) is 0 Å². The summed E-state index contributed by atoms with van der Waals surface area (Å²) in [5.74, 6) is -2.55. The fourth-order valence-corrected chi connectivity index (χ4v) is 3.68. The van der Waals surface area contributed by atoms with Gasteiger partial charge in [0.2, 0.25) is 0 Å². The van der Waals surface area contributed by atoms with E-state index in [0.717, 1.165) is 4.90 Å². The van der Waals surface area contributed by atoms with Crippen LogP contribution in [0, 0.1) is 6.92 Å². The number of alkyl halides is 3. The van der Waals surface area contributed by atoms with Crippen LogP contribution < -0.4 is 5.32 Å². The van der Waals surface area contributed by atoms with E-state index in [1.807, 2.05) is 5.32 Å². The molecule has 3 aromatic rings. The summed E-state index contributed by atoms with van der Waals surface area (Å²) in [5, 5.41) is 1.91. The monoisotopic (exact) mass is 451 g/mol. The SMILES string of the molecule is Cc1ccccc1C(=O)N[C@@]1(C(F)(F)F)N=C(c2ccccc2)N(Cc2ccccc2)C1=O. The molecule has 0 radical (unpaired) electrons. The number of nitrogens with one attached hydrogen (secondary N) is 1. The zero-order valence-electron chi connectivity index (χ0n) is 17.6. The minimum atomic E-state index is -5.17. The second-order valence-corrected chi connectivity index (χ2v) is 7.66. The van der Waals surface area contributed by atoms with Crippen LogP contribution in [0.25, 0.3) is 0 Å². The number of aryl methyl sites for hydroxylation is 1. The molecular weight excluding hydrogens is 431 g/mol. The molecule has 1 aliphatic heterocycles. The number of carbonyl (C=O) groups is 2. The largest absolute Gasteiger partial charge is 0.442 e. The Morgan fingerprint density at radius 1 is 0.939 bits per heavy atom. The van der Waals surface area contributed by atoms with Crippen molar-refractivity contribution in [2.24, 2.45) is 4.99 Å². The van der Waals surface area contributed by atoms with Crippen molar-refractivity contribution >= 4 is 17.6 Å².